The summed E-state index contributed by atoms with van der Waals surface area (Å²) >= 11 is 6.32. The first-order chi connectivity index (χ1) is 8.11. The lowest BCUT2D eigenvalue weighted by Gasteiger charge is -1.95. The number of nitrogens with zero attached hydrogens (tertiary/aromatic N) is 1. The second-order valence-electron chi connectivity index (χ2n) is 2.87. The van der Waals surface area contributed by atoms with Crippen molar-refractivity contribution >= 4 is 31.9 Å². The van der Waals surface area contributed by atoms with E-state index in [4.69, 9.17) is 4.74 Å². The zero-order valence-corrected chi connectivity index (χ0v) is 12.2. The highest BCUT2D eigenvalue weighted by atomic mass is 79.9. The van der Waals surface area contributed by atoms with Crippen LogP contribution in [-0.2, 0) is 0 Å². The van der Waals surface area contributed by atoms with Crippen molar-refractivity contribution in [2.75, 3.05) is 7.11 Å². The number of hydrogen-bond acceptors (Lipinski definition) is 3. The number of halogens is 2. The van der Waals surface area contributed by atoms with Gasteiger partial charge >= 0.3 is 0 Å². The minimum Gasteiger partial charge on any atom is -0.481 e. The van der Waals surface area contributed by atoms with Crippen LogP contribution in [0.25, 0.3) is 0 Å². The quantitative estimate of drug-likeness (QED) is 0.794. The van der Waals surface area contributed by atoms with Crippen molar-refractivity contribution in [1.82, 2.24) is 9.97 Å². The molecule has 2 rings (SSSR count). The fraction of sp³-hybridized carbons (Fsp3) is 0.0909. The average Bonchev–Trinajstić information content (AvgIpc) is 2.29. The van der Waals surface area contributed by atoms with Crippen molar-refractivity contribution in [3.63, 3.8) is 0 Å². The molecule has 0 saturated heterocycles. The van der Waals surface area contributed by atoms with Gasteiger partial charge in [0.05, 0.1) is 11.7 Å². The van der Waals surface area contributed by atoms with E-state index in [2.05, 4.69) is 41.8 Å². The summed E-state index contributed by atoms with van der Waals surface area (Å²) < 4.78 is 6.36. The Morgan fingerprint density at radius 2 is 1.88 bits per heavy atom. The molecule has 0 spiro atoms. The molecule has 6 heteroatoms. The van der Waals surface area contributed by atoms with Gasteiger partial charge in [0.1, 0.15) is 4.60 Å². The number of aromatic nitrogens is 2. The standard InChI is InChI=1S/C6H6BrNO.C5H4BrNO/c1-9-6-4-2-3-5(7)8-6;6-4-2-1-3-5(8)7-4/h2-4H,1H3;1-3H,(H,7,8). The van der Waals surface area contributed by atoms with Crippen LogP contribution in [0.5, 0.6) is 5.88 Å². The molecular weight excluding hydrogens is 352 g/mol. The summed E-state index contributed by atoms with van der Waals surface area (Å²) in [7, 11) is 1.59. The highest BCUT2D eigenvalue weighted by Crippen LogP contribution is 2.10. The Labute approximate surface area is 115 Å². The van der Waals surface area contributed by atoms with E-state index in [-0.39, 0.29) is 5.56 Å². The molecule has 0 saturated carbocycles. The van der Waals surface area contributed by atoms with E-state index in [0.29, 0.717) is 10.5 Å². The molecule has 0 bridgehead atoms. The summed E-state index contributed by atoms with van der Waals surface area (Å²) in [5.74, 6) is 0.629. The van der Waals surface area contributed by atoms with Crippen LogP contribution >= 0.6 is 31.9 Å². The van der Waals surface area contributed by atoms with Gasteiger partial charge in [-0.15, -0.1) is 0 Å². The van der Waals surface area contributed by atoms with Gasteiger partial charge in [-0.2, -0.15) is 0 Å². The SMILES string of the molecule is COc1cccc(Br)n1.O=c1cccc(Br)[nH]1. The van der Waals surface area contributed by atoms with E-state index in [0.717, 1.165) is 4.60 Å². The predicted octanol–water partition coefficient (Wildman–Crippen LogP) is 2.99. The van der Waals surface area contributed by atoms with E-state index in [1.54, 1.807) is 25.3 Å². The average molecular weight is 362 g/mol. The zero-order chi connectivity index (χ0) is 12.7. The maximum atomic E-state index is 10.4. The predicted molar refractivity (Wildman–Crippen MR) is 73.3 cm³/mol. The first kappa shape index (κ1) is 13.9. The molecule has 0 radical (unpaired) electrons. The molecule has 2 aromatic heterocycles. The summed E-state index contributed by atoms with van der Waals surface area (Å²) in [5, 5.41) is 0. The molecule has 0 amide bonds. The number of rotatable bonds is 1. The topological polar surface area (TPSA) is 55.0 Å². The highest BCUT2D eigenvalue weighted by molar-refractivity contribution is 9.10. The van der Waals surface area contributed by atoms with E-state index in [1.807, 2.05) is 12.1 Å². The van der Waals surface area contributed by atoms with E-state index < -0.39 is 0 Å². The van der Waals surface area contributed by atoms with Crippen molar-refractivity contribution in [2.24, 2.45) is 0 Å². The van der Waals surface area contributed by atoms with Gasteiger partial charge in [-0.1, -0.05) is 12.1 Å². The summed E-state index contributed by atoms with van der Waals surface area (Å²) in [5.41, 5.74) is -0.0839. The number of hydrogen-bond donors (Lipinski definition) is 1. The maximum absolute atomic E-state index is 10.4. The Morgan fingerprint density at radius 1 is 1.18 bits per heavy atom. The summed E-state index contributed by atoms with van der Waals surface area (Å²) in [6, 6.07) is 10.4. The second-order valence-corrected chi connectivity index (χ2v) is 4.53. The largest absolute Gasteiger partial charge is 0.481 e. The molecule has 0 aliphatic rings. The summed E-state index contributed by atoms with van der Waals surface area (Å²) in [6.07, 6.45) is 0. The zero-order valence-electron chi connectivity index (χ0n) is 8.98. The molecule has 0 aliphatic heterocycles. The fourth-order valence-electron chi connectivity index (χ4n) is 0.924. The Morgan fingerprint density at radius 3 is 2.29 bits per heavy atom. The van der Waals surface area contributed by atoms with Crippen molar-refractivity contribution in [1.29, 1.82) is 0 Å². The minimum absolute atomic E-state index is 0.0839. The fourth-order valence-corrected chi connectivity index (χ4v) is 1.60. The molecule has 1 N–H and O–H groups in total. The van der Waals surface area contributed by atoms with Crippen LogP contribution in [0, 0.1) is 0 Å². The first-order valence-corrected chi connectivity index (χ1v) is 6.22. The lowest BCUT2D eigenvalue weighted by molar-refractivity contribution is 0.397. The molecule has 0 fully saturated rings. The third kappa shape index (κ3) is 5.65. The lowest BCUT2D eigenvalue weighted by Crippen LogP contribution is -2.00. The smallest absolute Gasteiger partial charge is 0.248 e. The number of nitrogens with one attached hydrogen (secondary N) is 1. The van der Waals surface area contributed by atoms with Crippen LogP contribution in [-0.4, -0.2) is 17.1 Å². The molecule has 17 heavy (non-hydrogen) atoms. The monoisotopic (exact) mass is 360 g/mol. The normalized spacial score (nSPS) is 9.12. The molecule has 0 atom stereocenters. The molecular formula is C11H10Br2N2O2. The Bertz CT molecular complexity index is 529. The number of H-pyrrole nitrogens is 1. The number of methoxy groups -OCH3 is 1. The van der Waals surface area contributed by atoms with Crippen molar-refractivity contribution in [3.8, 4) is 5.88 Å². The van der Waals surface area contributed by atoms with Gasteiger partial charge in [0.25, 0.3) is 0 Å². The first-order valence-electron chi connectivity index (χ1n) is 4.63. The lowest BCUT2D eigenvalue weighted by atomic mass is 10.5. The van der Waals surface area contributed by atoms with Crippen LogP contribution in [0.1, 0.15) is 0 Å². The highest BCUT2D eigenvalue weighted by Gasteiger charge is 1.89. The van der Waals surface area contributed by atoms with E-state index in [9.17, 15) is 4.79 Å². The van der Waals surface area contributed by atoms with Crippen LogP contribution in [0.3, 0.4) is 0 Å². The third-order valence-corrected chi connectivity index (χ3v) is 2.54. The molecule has 4 nitrogen and oxygen atoms in total. The van der Waals surface area contributed by atoms with Crippen LogP contribution in [0.2, 0.25) is 0 Å². The third-order valence-electron chi connectivity index (χ3n) is 1.63. The molecule has 0 unspecified atom stereocenters. The van der Waals surface area contributed by atoms with Gasteiger partial charge in [-0.3, -0.25) is 4.79 Å². The van der Waals surface area contributed by atoms with Crippen molar-refractivity contribution in [2.45, 2.75) is 0 Å². The van der Waals surface area contributed by atoms with Gasteiger partial charge in [-0.05, 0) is 44.0 Å². The number of aromatic amines is 1. The van der Waals surface area contributed by atoms with Gasteiger partial charge in [0.2, 0.25) is 11.4 Å². The molecule has 2 aromatic rings. The van der Waals surface area contributed by atoms with Gasteiger partial charge in [0, 0.05) is 12.1 Å². The van der Waals surface area contributed by atoms with Gasteiger partial charge < -0.3 is 9.72 Å². The Balaban J connectivity index is 0.000000171. The molecule has 0 aromatic carbocycles. The molecule has 90 valence electrons. The second kappa shape index (κ2) is 7.24. The van der Waals surface area contributed by atoms with E-state index >= 15 is 0 Å². The van der Waals surface area contributed by atoms with Crippen LogP contribution in [0.4, 0.5) is 0 Å². The maximum Gasteiger partial charge on any atom is 0.248 e. The molecule has 2 heterocycles. The Kier molecular flexibility index (Phi) is 5.93. The molecule has 0 aliphatic carbocycles. The summed E-state index contributed by atoms with van der Waals surface area (Å²) in [6.45, 7) is 0. The van der Waals surface area contributed by atoms with Crippen LogP contribution in [0.15, 0.2) is 50.4 Å². The number of ether oxygens (including phenoxy) is 1. The van der Waals surface area contributed by atoms with Gasteiger partial charge in [-0.25, -0.2) is 4.98 Å². The van der Waals surface area contributed by atoms with Gasteiger partial charge in [0.15, 0.2) is 0 Å². The van der Waals surface area contributed by atoms with Crippen LogP contribution < -0.4 is 10.3 Å². The van der Waals surface area contributed by atoms with Crippen molar-refractivity contribution < 1.29 is 4.74 Å². The minimum atomic E-state index is -0.0839. The summed E-state index contributed by atoms with van der Waals surface area (Å²) in [4.78, 5) is 16.9. The van der Waals surface area contributed by atoms with E-state index in [1.165, 1.54) is 6.07 Å². The number of pyridine rings is 2. The van der Waals surface area contributed by atoms with Crippen molar-refractivity contribution in [3.05, 3.63) is 56.0 Å². The Hall–Kier alpha value is -1.14.